The van der Waals surface area contributed by atoms with Gasteiger partial charge in [-0.3, -0.25) is 9.89 Å². The number of carbonyl (C=O) groups is 1. The first-order chi connectivity index (χ1) is 11.2. The Bertz CT molecular complexity index is 748. The van der Waals surface area contributed by atoms with E-state index in [9.17, 15) is 4.79 Å². The number of carbonyl (C=O) groups excluding carboxylic acids is 1. The van der Waals surface area contributed by atoms with E-state index < -0.39 is 0 Å². The minimum absolute atomic E-state index is 0.0869. The minimum Gasteiger partial charge on any atom is -0.368 e. The zero-order chi connectivity index (χ0) is 15.8. The molecule has 2 aromatic heterocycles. The van der Waals surface area contributed by atoms with Gasteiger partial charge in [0, 0.05) is 17.8 Å². The zero-order valence-corrected chi connectivity index (χ0v) is 12.7. The summed E-state index contributed by atoms with van der Waals surface area (Å²) in [5.41, 5.74) is 9.61. The van der Waals surface area contributed by atoms with Crippen molar-refractivity contribution in [3.8, 4) is 11.4 Å². The molecule has 1 aliphatic carbocycles. The summed E-state index contributed by atoms with van der Waals surface area (Å²) in [4.78, 5) is 20.9. The molecule has 1 aliphatic heterocycles. The van der Waals surface area contributed by atoms with Crippen LogP contribution in [0.3, 0.4) is 0 Å². The molecule has 8 nitrogen and oxygen atoms in total. The second-order valence-electron chi connectivity index (χ2n) is 6.03. The highest BCUT2D eigenvalue weighted by Crippen LogP contribution is 2.32. The first-order valence-electron chi connectivity index (χ1n) is 7.93. The predicted molar refractivity (Wildman–Crippen MR) is 84.8 cm³/mol. The quantitative estimate of drug-likeness (QED) is 0.620. The number of aromatic nitrogens is 4. The number of nitrogens with zero attached hydrogens (tertiary/aromatic N) is 3. The molecule has 0 aromatic carbocycles. The maximum Gasteiger partial charge on any atom is 0.269 e. The topological polar surface area (TPSA) is 122 Å². The van der Waals surface area contributed by atoms with Crippen molar-refractivity contribution in [2.45, 2.75) is 31.7 Å². The van der Waals surface area contributed by atoms with Gasteiger partial charge < -0.3 is 16.4 Å². The van der Waals surface area contributed by atoms with Crippen LogP contribution in [0.4, 0.5) is 5.95 Å². The van der Waals surface area contributed by atoms with Crippen LogP contribution >= 0.6 is 0 Å². The molecule has 5 N–H and O–H groups in total. The molecule has 0 radical (unpaired) electrons. The van der Waals surface area contributed by atoms with Crippen LogP contribution in [0.1, 0.15) is 34.5 Å². The highest BCUT2D eigenvalue weighted by Gasteiger charge is 2.27. The number of H-pyrrole nitrogens is 1. The summed E-state index contributed by atoms with van der Waals surface area (Å²) in [7, 11) is 0. The highest BCUT2D eigenvalue weighted by atomic mass is 16.2. The molecule has 0 atom stereocenters. The van der Waals surface area contributed by atoms with Gasteiger partial charge in [-0.05, 0) is 44.3 Å². The molecule has 2 aromatic rings. The molecule has 1 saturated heterocycles. The molecule has 3 heterocycles. The molecule has 2 aliphatic rings. The molecule has 8 heteroatoms. The Morgan fingerprint density at radius 2 is 2.09 bits per heavy atom. The van der Waals surface area contributed by atoms with E-state index in [1.807, 2.05) is 0 Å². The zero-order valence-electron chi connectivity index (χ0n) is 12.7. The van der Waals surface area contributed by atoms with Gasteiger partial charge in [0.25, 0.3) is 5.91 Å². The Morgan fingerprint density at radius 3 is 2.91 bits per heavy atom. The second-order valence-corrected chi connectivity index (χ2v) is 6.03. The fourth-order valence-corrected chi connectivity index (χ4v) is 3.28. The first-order valence-corrected chi connectivity index (χ1v) is 7.93. The van der Waals surface area contributed by atoms with Crippen molar-refractivity contribution in [3.63, 3.8) is 0 Å². The fraction of sp³-hybridized carbons (Fsp3) is 0.467. The Hall–Kier alpha value is -2.48. The molecule has 1 fully saturated rings. The van der Waals surface area contributed by atoms with Gasteiger partial charge in [-0.25, -0.2) is 9.97 Å². The monoisotopic (exact) mass is 313 g/mol. The van der Waals surface area contributed by atoms with Gasteiger partial charge in [-0.1, -0.05) is 0 Å². The van der Waals surface area contributed by atoms with E-state index in [4.69, 9.17) is 5.73 Å². The third-order valence-electron chi connectivity index (χ3n) is 4.52. The van der Waals surface area contributed by atoms with E-state index >= 15 is 0 Å². The van der Waals surface area contributed by atoms with E-state index in [-0.39, 0.29) is 17.9 Å². The maximum atomic E-state index is 12.6. The standard InChI is InChI=1S/C15H19N7O/c16-15-18-7-8-1-2-10-12(11(8)20-15)21-22-13(10)14(23)19-9-3-5-17-6-4-9/h7,9,17H,1-6H2,(H,19,23)(H,21,22)(H2,16,18,20). The van der Waals surface area contributed by atoms with Crippen LogP contribution in [0.2, 0.25) is 0 Å². The molecule has 23 heavy (non-hydrogen) atoms. The number of nitrogens with one attached hydrogen (secondary N) is 3. The van der Waals surface area contributed by atoms with Crippen LogP contribution in [0.15, 0.2) is 6.20 Å². The Balaban J connectivity index is 1.61. The number of aryl methyl sites for hydroxylation is 1. The van der Waals surface area contributed by atoms with E-state index in [2.05, 4.69) is 30.8 Å². The van der Waals surface area contributed by atoms with Crippen LogP contribution in [-0.4, -0.2) is 45.2 Å². The fourth-order valence-electron chi connectivity index (χ4n) is 3.28. The van der Waals surface area contributed by atoms with Crippen molar-refractivity contribution < 1.29 is 4.79 Å². The number of aromatic amines is 1. The van der Waals surface area contributed by atoms with E-state index in [0.717, 1.165) is 61.3 Å². The number of anilines is 1. The average Bonchev–Trinajstić information content (AvgIpc) is 3.00. The van der Waals surface area contributed by atoms with Crippen LogP contribution in [-0.2, 0) is 12.8 Å². The number of piperidine rings is 1. The molecule has 0 spiro atoms. The number of hydrogen-bond donors (Lipinski definition) is 4. The summed E-state index contributed by atoms with van der Waals surface area (Å²) in [6, 6.07) is 0.219. The molecule has 0 bridgehead atoms. The number of rotatable bonds is 2. The normalized spacial score (nSPS) is 17.4. The van der Waals surface area contributed by atoms with Crippen LogP contribution in [0, 0.1) is 0 Å². The molecule has 120 valence electrons. The predicted octanol–water partition coefficient (Wildman–Crippen LogP) is 0.0293. The van der Waals surface area contributed by atoms with Gasteiger partial charge in [0.15, 0.2) is 0 Å². The van der Waals surface area contributed by atoms with Crippen molar-refractivity contribution in [1.29, 1.82) is 0 Å². The molecular weight excluding hydrogens is 294 g/mol. The Kier molecular flexibility index (Phi) is 3.45. The SMILES string of the molecule is Nc1ncc2c(n1)-c1n[nH]c(C(=O)NC3CCNCC3)c1CC2. The van der Waals surface area contributed by atoms with E-state index in [0.29, 0.717) is 5.69 Å². The summed E-state index contributed by atoms with van der Waals surface area (Å²) in [5.74, 6) is 0.136. The number of nitrogens with two attached hydrogens (primary N) is 1. The third kappa shape index (κ3) is 2.55. The van der Waals surface area contributed by atoms with Gasteiger partial charge >= 0.3 is 0 Å². The summed E-state index contributed by atoms with van der Waals surface area (Å²) < 4.78 is 0. The van der Waals surface area contributed by atoms with Gasteiger partial charge in [-0.15, -0.1) is 0 Å². The molecule has 0 saturated carbocycles. The lowest BCUT2D eigenvalue weighted by molar-refractivity contribution is 0.0923. The maximum absolute atomic E-state index is 12.6. The lowest BCUT2D eigenvalue weighted by atomic mass is 9.93. The first kappa shape index (κ1) is 14.1. The molecule has 1 amide bonds. The minimum atomic E-state index is -0.0869. The summed E-state index contributed by atoms with van der Waals surface area (Å²) in [5, 5.41) is 13.6. The van der Waals surface area contributed by atoms with Gasteiger partial charge in [0.05, 0.1) is 5.69 Å². The van der Waals surface area contributed by atoms with Gasteiger partial charge in [0.1, 0.15) is 11.4 Å². The van der Waals surface area contributed by atoms with Crippen LogP contribution in [0.25, 0.3) is 11.4 Å². The van der Waals surface area contributed by atoms with Crippen molar-refractivity contribution in [3.05, 3.63) is 23.0 Å². The van der Waals surface area contributed by atoms with Crippen LogP contribution < -0.4 is 16.4 Å². The van der Waals surface area contributed by atoms with Crippen molar-refractivity contribution >= 4 is 11.9 Å². The largest absolute Gasteiger partial charge is 0.368 e. The van der Waals surface area contributed by atoms with E-state index in [1.165, 1.54) is 0 Å². The Morgan fingerprint density at radius 1 is 1.26 bits per heavy atom. The summed E-state index contributed by atoms with van der Waals surface area (Å²) in [6.07, 6.45) is 5.18. The van der Waals surface area contributed by atoms with Gasteiger partial charge in [0.2, 0.25) is 5.95 Å². The Labute approximate surface area is 133 Å². The van der Waals surface area contributed by atoms with E-state index in [1.54, 1.807) is 6.20 Å². The van der Waals surface area contributed by atoms with Crippen molar-refractivity contribution in [2.75, 3.05) is 18.8 Å². The smallest absolute Gasteiger partial charge is 0.269 e. The molecular formula is C15H19N7O. The lowest BCUT2D eigenvalue weighted by Crippen LogP contribution is -2.43. The summed E-state index contributed by atoms with van der Waals surface area (Å²) in [6.45, 7) is 1.88. The number of amides is 1. The summed E-state index contributed by atoms with van der Waals surface area (Å²) >= 11 is 0. The molecule has 0 unspecified atom stereocenters. The number of hydrogen-bond acceptors (Lipinski definition) is 6. The highest BCUT2D eigenvalue weighted by molar-refractivity contribution is 5.96. The van der Waals surface area contributed by atoms with Gasteiger partial charge in [-0.2, -0.15) is 5.10 Å². The van der Waals surface area contributed by atoms with Crippen molar-refractivity contribution in [2.24, 2.45) is 0 Å². The third-order valence-corrected chi connectivity index (χ3v) is 4.52. The average molecular weight is 313 g/mol. The lowest BCUT2D eigenvalue weighted by Gasteiger charge is -2.23. The van der Waals surface area contributed by atoms with Crippen molar-refractivity contribution in [1.82, 2.24) is 30.8 Å². The van der Waals surface area contributed by atoms with Crippen LogP contribution in [0.5, 0.6) is 0 Å². The number of nitrogen functional groups attached to an aromatic ring is 1. The molecule has 4 rings (SSSR count). The second kappa shape index (κ2) is 5.62. The number of fused-ring (bicyclic) bond motifs is 3.